The van der Waals surface area contributed by atoms with Gasteiger partial charge >= 0.3 is 5.97 Å². The maximum absolute atomic E-state index is 13.4. The summed E-state index contributed by atoms with van der Waals surface area (Å²) >= 11 is 3.08. The molecule has 1 N–H and O–H groups in total. The SMILES string of the molecule is CC1(C)C(C(=O)O)C1c1ccc(Br)c(F)c1. The molecule has 2 rings (SSSR count). The first-order chi connectivity index (χ1) is 7.35. The van der Waals surface area contributed by atoms with Gasteiger partial charge < -0.3 is 5.11 Å². The third-order valence-electron chi connectivity index (χ3n) is 3.40. The van der Waals surface area contributed by atoms with Crippen molar-refractivity contribution in [3.05, 3.63) is 34.1 Å². The summed E-state index contributed by atoms with van der Waals surface area (Å²) in [6.07, 6.45) is 0. The smallest absolute Gasteiger partial charge is 0.307 e. The summed E-state index contributed by atoms with van der Waals surface area (Å²) in [6, 6.07) is 4.82. The Labute approximate surface area is 102 Å². The Morgan fingerprint density at radius 2 is 2.12 bits per heavy atom. The van der Waals surface area contributed by atoms with E-state index in [-0.39, 0.29) is 17.2 Å². The van der Waals surface area contributed by atoms with Crippen LogP contribution < -0.4 is 0 Å². The molecule has 4 heteroatoms. The molecular weight excluding hydrogens is 275 g/mol. The van der Waals surface area contributed by atoms with E-state index < -0.39 is 11.9 Å². The van der Waals surface area contributed by atoms with Gasteiger partial charge in [-0.2, -0.15) is 0 Å². The molecule has 1 fully saturated rings. The van der Waals surface area contributed by atoms with Crippen molar-refractivity contribution < 1.29 is 14.3 Å². The van der Waals surface area contributed by atoms with Crippen LogP contribution in [0.4, 0.5) is 4.39 Å². The van der Waals surface area contributed by atoms with Crippen molar-refractivity contribution in [1.29, 1.82) is 0 Å². The molecule has 1 aliphatic rings. The van der Waals surface area contributed by atoms with Gasteiger partial charge in [-0.3, -0.25) is 4.79 Å². The van der Waals surface area contributed by atoms with Gasteiger partial charge in [0, 0.05) is 5.92 Å². The van der Waals surface area contributed by atoms with Gasteiger partial charge in [0.15, 0.2) is 0 Å². The molecule has 1 aromatic rings. The van der Waals surface area contributed by atoms with E-state index in [2.05, 4.69) is 15.9 Å². The average Bonchev–Trinajstić information content (AvgIpc) is 2.74. The Kier molecular flexibility index (Phi) is 2.57. The minimum absolute atomic E-state index is 0.0902. The number of carbonyl (C=O) groups is 1. The molecule has 0 aliphatic heterocycles. The molecule has 0 saturated heterocycles. The summed E-state index contributed by atoms with van der Waals surface area (Å²) < 4.78 is 13.8. The fourth-order valence-corrected chi connectivity index (χ4v) is 2.67. The van der Waals surface area contributed by atoms with Crippen LogP contribution in [0.5, 0.6) is 0 Å². The van der Waals surface area contributed by atoms with Crippen molar-refractivity contribution in [1.82, 2.24) is 0 Å². The zero-order valence-corrected chi connectivity index (χ0v) is 10.6. The van der Waals surface area contributed by atoms with Crippen LogP contribution in [0.2, 0.25) is 0 Å². The maximum Gasteiger partial charge on any atom is 0.307 e. The predicted octanol–water partition coefficient (Wildman–Crippen LogP) is 3.41. The van der Waals surface area contributed by atoms with Crippen molar-refractivity contribution in [2.75, 3.05) is 0 Å². The van der Waals surface area contributed by atoms with Gasteiger partial charge in [0.25, 0.3) is 0 Å². The highest BCUT2D eigenvalue weighted by atomic mass is 79.9. The lowest BCUT2D eigenvalue weighted by Crippen LogP contribution is -2.03. The molecule has 0 radical (unpaired) electrons. The molecule has 0 amide bonds. The molecule has 0 heterocycles. The molecule has 2 atom stereocenters. The minimum atomic E-state index is -0.807. The van der Waals surface area contributed by atoms with Crippen molar-refractivity contribution in [2.45, 2.75) is 19.8 Å². The lowest BCUT2D eigenvalue weighted by molar-refractivity contribution is -0.139. The monoisotopic (exact) mass is 286 g/mol. The topological polar surface area (TPSA) is 37.3 Å². The van der Waals surface area contributed by atoms with E-state index in [0.29, 0.717) is 4.47 Å². The van der Waals surface area contributed by atoms with Crippen molar-refractivity contribution in [3.8, 4) is 0 Å². The lowest BCUT2D eigenvalue weighted by Gasteiger charge is -2.03. The lowest BCUT2D eigenvalue weighted by atomic mass is 10.0. The number of carboxylic acid groups (broad SMARTS) is 1. The quantitative estimate of drug-likeness (QED) is 0.905. The van der Waals surface area contributed by atoms with Gasteiger partial charge in [-0.1, -0.05) is 19.9 Å². The van der Waals surface area contributed by atoms with Crippen LogP contribution in [0.3, 0.4) is 0 Å². The van der Waals surface area contributed by atoms with Crippen molar-refractivity contribution in [2.24, 2.45) is 11.3 Å². The molecule has 16 heavy (non-hydrogen) atoms. The fourth-order valence-electron chi connectivity index (χ4n) is 2.43. The van der Waals surface area contributed by atoms with Gasteiger partial charge in [0.05, 0.1) is 10.4 Å². The normalized spacial score (nSPS) is 26.5. The van der Waals surface area contributed by atoms with E-state index in [1.54, 1.807) is 12.1 Å². The Balaban J connectivity index is 2.33. The molecule has 2 unspecified atom stereocenters. The third kappa shape index (κ3) is 1.65. The summed E-state index contributed by atoms with van der Waals surface area (Å²) in [7, 11) is 0. The summed E-state index contributed by atoms with van der Waals surface area (Å²) in [5.41, 5.74) is 0.477. The molecule has 86 valence electrons. The van der Waals surface area contributed by atoms with Crippen LogP contribution in [0.1, 0.15) is 25.3 Å². The number of rotatable bonds is 2. The van der Waals surface area contributed by atoms with Gasteiger partial charge in [0.2, 0.25) is 0 Å². The van der Waals surface area contributed by atoms with Crippen LogP contribution in [0, 0.1) is 17.2 Å². The summed E-state index contributed by atoms with van der Waals surface area (Å²) in [5.74, 6) is -1.65. The molecule has 2 nitrogen and oxygen atoms in total. The number of carboxylic acids is 1. The Morgan fingerprint density at radius 1 is 1.50 bits per heavy atom. The molecule has 0 aromatic heterocycles. The summed E-state index contributed by atoms with van der Waals surface area (Å²) in [5, 5.41) is 9.04. The second-order valence-electron chi connectivity index (χ2n) is 4.79. The Morgan fingerprint density at radius 3 is 2.56 bits per heavy atom. The number of halogens is 2. The first kappa shape index (κ1) is 11.6. The summed E-state index contributed by atoms with van der Waals surface area (Å²) in [6.45, 7) is 3.80. The highest BCUT2D eigenvalue weighted by Crippen LogP contribution is 2.64. The van der Waals surface area contributed by atoms with Crippen LogP contribution in [-0.2, 0) is 4.79 Å². The third-order valence-corrected chi connectivity index (χ3v) is 4.04. The van der Waals surface area contributed by atoms with E-state index in [0.717, 1.165) is 5.56 Å². The van der Waals surface area contributed by atoms with Gasteiger partial charge in [-0.25, -0.2) is 4.39 Å². The van der Waals surface area contributed by atoms with E-state index in [1.165, 1.54) is 6.07 Å². The van der Waals surface area contributed by atoms with Crippen LogP contribution in [0.15, 0.2) is 22.7 Å². The number of hydrogen-bond donors (Lipinski definition) is 1. The largest absolute Gasteiger partial charge is 0.481 e. The minimum Gasteiger partial charge on any atom is -0.481 e. The van der Waals surface area contributed by atoms with E-state index in [9.17, 15) is 9.18 Å². The van der Waals surface area contributed by atoms with Gasteiger partial charge in [-0.05, 0) is 39.0 Å². The Hall–Kier alpha value is -0.900. The van der Waals surface area contributed by atoms with E-state index in [4.69, 9.17) is 5.11 Å². The van der Waals surface area contributed by atoms with Gasteiger partial charge in [-0.15, -0.1) is 0 Å². The zero-order valence-electron chi connectivity index (χ0n) is 9.00. The molecule has 1 aromatic carbocycles. The average molecular weight is 287 g/mol. The van der Waals surface area contributed by atoms with Crippen LogP contribution >= 0.6 is 15.9 Å². The molecule has 0 bridgehead atoms. The number of benzene rings is 1. The number of hydrogen-bond acceptors (Lipinski definition) is 1. The zero-order chi connectivity index (χ0) is 12.1. The first-order valence-corrected chi connectivity index (χ1v) is 5.82. The first-order valence-electron chi connectivity index (χ1n) is 5.03. The second-order valence-corrected chi connectivity index (χ2v) is 5.64. The predicted molar refractivity (Wildman–Crippen MR) is 61.7 cm³/mol. The Bertz CT molecular complexity index is 456. The van der Waals surface area contributed by atoms with E-state index in [1.807, 2.05) is 13.8 Å². The molecular formula is C12H12BrFO2. The maximum atomic E-state index is 13.4. The van der Waals surface area contributed by atoms with Gasteiger partial charge in [0.1, 0.15) is 5.82 Å². The fraction of sp³-hybridized carbons (Fsp3) is 0.417. The summed E-state index contributed by atoms with van der Waals surface area (Å²) in [4.78, 5) is 11.0. The van der Waals surface area contributed by atoms with Crippen LogP contribution in [-0.4, -0.2) is 11.1 Å². The van der Waals surface area contributed by atoms with Crippen LogP contribution in [0.25, 0.3) is 0 Å². The molecule has 0 spiro atoms. The highest BCUT2D eigenvalue weighted by molar-refractivity contribution is 9.10. The number of aliphatic carboxylic acids is 1. The van der Waals surface area contributed by atoms with Crippen molar-refractivity contribution in [3.63, 3.8) is 0 Å². The van der Waals surface area contributed by atoms with E-state index >= 15 is 0 Å². The van der Waals surface area contributed by atoms with Crippen molar-refractivity contribution >= 4 is 21.9 Å². The molecule has 1 saturated carbocycles. The molecule has 1 aliphatic carbocycles. The highest BCUT2D eigenvalue weighted by Gasteiger charge is 2.62. The second kappa shape index (κ2) is 3.55. The standard InChI is InChI=1S/C12H12BrFO2/c1-12(2)9(10(12)11(15)16)6-3-4-7(13)8(14)5-6/h3-5,9-10H,1-2H3,(H,15,16).